The Bertz CT molecular complexity index is 466. The van der Waals surface area contributed by atoms with E-state index >= 15 is 0 Å². The molecule has 0 atom stereocenters. The number of hydrogen-bond donors (Lipinski definition) is 2. The third-order valence-corrected chi connectivity index (χ3v) is 3.69. The van der Waals surface area contributed by atoms with E-state index in [1.165, 1.54) is 18.2 Å². The van der Waals surface area contributed by atoms with Gasteiger partial charge in [0.15, 0.2) is 0 Å². The molecule has 0 bridgehead atoms. The Labute approximate surface area is 113 Å². The van der Waals surface area contributed by atoms with Gasteiger partial charge in [0.1, 0.15) is 11.5 Å². The highest BCUT2D eigenvalue weighted by molar-refractivity contribution is 5.97. The van der Waals surface area contributed by atoms with Crippen molar-refractivity contribution in [2.45, 2.75) is 18.9 Å². The summed E-state index contributed by atoms with van der Waals surface area (Å²) in [5.41, 5.74) is 0.170. The first-order valence-corrected chi connectivity index (χ1v) is 6.46. The lowest BCUT2D eigenvalue weighted by molar-refractivity contribution is 0.0660. The van der Waals surface area contributed by atoms with Gasteiger partial charge in [-0.25, -0.2) is 0 Å². The van der Waals surface area contributed by atoms with Crippen LogP contribution in [-0.2, 0) is 0 Å². The normalized spacial score (nSPS) is 16.9. The van der Waals surface area contributed by atoms with Crippen LogP contribution in [0.4, 0.5) is 0 Å². The number of phenolic OH excluding ortho intramolecular Hbond substituents is 2. The van der Waals surface area contributed by atoms with Gasteiger partial charge in [-0.05, 0) is 45.1 Å². The van der Waals surface area contributed by atoms with Crippen LogP contribution in [0.2, 0.25) is 0 Å². The maximum atomic E-state index is 12.3. The first kappa shape index (κ1) is 13.7. The van der Waals surface area contributed by atoms with Gasteiger partial charge >= 0.3 is 0 Å². The van der Waals surface area contributed by atoms with Crippen molar-refractivity contribution in [3.8, 4) is 11.5 Å². The zero-order valence-electron chi connectivity index (χ0n) is 11.3. The largest absolute Gasteiger partial charge is 0.508 e. The predicted octanol–water partition coefficient (Wildman–Crippen LogP) is 1.26. The van der Waals surface area contributed by atoms with Crippen molar-refractivity contribution in [3.63, 3.8) is 0 Å². The van der Waals surface area contributed by atoms with Crippen LogP contribution in [0.15, 0.2) is 18.2 Å². The molecule has 1 aromatic rings. The van der Waals surface area contributed by atoms with Crippen LogP contribution in [0.25, 0.3) is 0 Å². The van der Waals surface area contributed by atoms with Gasteiger partial charge in [0, 0.05) is 19.1 Å². The molecular formula is C14H20N2O3. The second-order valence-corrected chi connectivity index (χ2v) is 5.19. The molecular weight excluding hydrogens is 244 g/mol. The molecule has 5 nitrogen and oxygen atoms in total. The summed E-state index contributed by atoms with van der Waals surface area (Å²) in [7, 11) is 4.09. The van der Waals surface area contributed by atoms with Crippen molar-refractivity contribution in [1.82, 2.24) is 9.80 Å². The molecule has 2 rings (SSSR count). The zero-order chi connectivity index (χ0) is 14.0. The summed E-state index contributed by atoms with van der Waals surface area (Å²) in [6, 6.07) is 4.52. The quantitative estimate of drug-likeness (QED) is 0.789. The molecule has 2 N–H and O–H groups in total. The SMILES string of the molecule is CN(C)C1CCN(C(=O)c2cc(O)ccc2O)CC1. The summed E-state index contributed by atoms with van der Waals surface area (Å²) in [5, 5.41) is 19.1. The van der Waals surface area contributed by atoms with E-state index in [4.69, 9.17) is 0 Å². The van der Waals surface area contributed by atoms with Crippen LogP contribution in [0.1, 0.15) is 23.2 Å². The first-order valence-electron chi connectivity index (χ1n) is 6.46. The summed E-state index contributed by atoms with van der Waals surface area (Å²) < 4.78 is 0. The Kier molecular flexibility index (Phi) is 3.95. The number of likely N-dealkylation sites (tertiary alicyclic amines) is 1. The average Bonchev–Trinajstić information content (AvgIpc) is 2.41. The first-order chi connectivity index (χ1) is 8.99. The second kappa shape index (κ2) is 5.48. The monoisotopic (exact) mass is 264 g/mol. The predicted molar refractivity (Wildman–Crippen MR) is 72.4 cm³/mol. The number of nitrogens with zero attached hydrogens (tertiary/aromatic N) is 2. The molecule has 1 aliphatic heterocycles. The molecule has 1 aliphatic rings. The van der Waals surface area contributed by atoms with E-state index in [9.17, 15) is 15.0 Å². The number of amides is 1. The van der Waals surface area contributed by atoms with Crippen molar-refractivity contribution in [2.24, 2.45) is 0 Å². The van der Waals surface area contributed by atoms with E-state index < -0.39 is 0 Å². The highest BCUT2D eigenvalue weighted by atomic mass is 16.3. The third-order valence-electron chi connectivity index (χ3n) is 3.69. The van der Waals surface area contributed by atoms with Gasteiger partial charge in [-0.3, -0.25) is 4.79 Å². The maximum Gasteiger partial charge on any atom is 0.257 e. The second-order valence-electron chi connectivity index (χ2n) is 5.19. The van der Waals surface area contributed by atoms with Gasteiger partial charge in [0.2, 0.25) is 0 Å². The standard InChI is InChI=1S/C14H20N2O3/c1-15(2)10-5-7-16(8-6-10)14(19)12-9-11(17)3-4-13(12)18/h3-4,9-10,17-18H,5-8H2,1-2H3. The highest BCUT2D eigenvalue weighted by Gasteiger charge is 2.26. The Morgan fingerprint density at radius 2 is 1.89 bits per heavy atom. The van der Waals surface area contributed by atoms with E-state index in [-0.39, 0.29) is 23.0 Å². The summed E-state index contributed by atoms with van der Waals surface area (Å²) in [6.07, 6.45) is 1.86. The van der Waals surface area contributed by atoms with Crippen molar-refractivity contribution < 1.29 is 15.0 Å². The number of benzene rings is 1. The molecule has 1 heterocycles. The molecule has 1 aromatic carbocycles. The lowest BCUT2D eigenvalue weighted by Crippen LogP contribution is -2.44. The lowest BCUT2D eigenvalue weighted by Gasteiger charge is -2.35. The summed E-state index contributed by atoms with van der Waals surface area (Å²) in [4.78, 5) is 16.2. The molecule has 1 fully saturated rings. The van der Waals surface area contributed by atoms with Crippen LogP contribution >= 0.6 is 0 Å². The minimum Gasteiger partial charge on any atom is -0.508 e. The van der Waals surface area contributed by atoms with Gasteiger partial charge in [-0.15, -0.1) is 0 Å². The molecule has 0 aliphatic carbocycles. The fraction of sp³-hybridized carbons (Fsp3) is 0.500. The Morgan fingerprint density at radius 1 is 1.26 bits per heavy atom. The fourth-order valence-electron chi connectivity index (χ4n) is 2.45. The van der Waals surface area contributed by atoms with Crippen molar-refractivity contribution in [2.75, 3.05) is 27.2 Å². The van der Waals surface area contributed by atoms with Gasteiger partial charge < -0.3 is 20.0 Å². The van der Waals surface area contributed by atoms with E-state index in [2.05, 4.69) is 4.90 Å². The van der Waals surface area contributed by atoms with Crippen LogP contribution in [-0.4, -0.2) is 59.1 Å². The number of piperidine rings is 1. The number of rotatable bonds is 2. The van der Waals surface area contributed by atoms with Crippen molar-refractivity contribution in [1.29, 1.82) is 0 Å². The molecule has 0 aromatic heterocycles. The summed E-state index contributed by atoms with van der Waals surface area (Å²) in [6.45, 7) is 1.35. The van der Waals surface area contributed by atoms with Crippen LogP contribution in [0.3, 0.4) is 0 Å². The zero-order valence-corrected chi connectivity index (χ0v) is 11.3. The van der Waals surface area contributed by atoms with Crippen molar-refractivity contribution in [3.05, 3.63) is 23.8 Å². The Balaban J connectivity index is 2.07. The molecule has 19 heavy (non-hydrogen) atoms. The van der Waals surface area contributed by atoms with E-state index in [0.717, 1.165) is 12.8 Å². The summed E-state index contributed by atoms with van der Waals surface area (Å²) in [5.74, 6) is -0.313. The lowest BCUT2D eigenvalue weighted by atomic mass is 10.0. The topological polar surface area (TPSA) is 64.0 Å². The smallest absolute Gasteiger partial charge is 0.257 e. The molecule has 0 radical (unpaired) electrons. The minimum absolute atomic E-state index is 0.00988. The van der Waals surface area contributed by atoms with Gasteiger partial charge in [-0.2, -0.15) is 0 Å². The van der Waals surface area contributed by atoms with Gasteiger partial charge in [0.25, 0.3) is 5.91 Å². The van der Waals surface area contributed by atoms with Crippen LogP contribution in [0.5, 0.6) is 11.5 Å². The van der Waals surface area contributed by atoms with E-state index in [1.807, 2.05) is 14.1 Å². The number of aromatic hydroxyl groups is 2. The number of hydrogen-bond acceptors (Lipinski definition) is 4. The third kappa shape index (κ3) is 2.98. The van der Waals surface area contributed by atoms with E-state index in [1.54, 1.807) is 4.90 Å². The highest BCUT2D eigenvalue weighted by Crippen LogP contribution is 2.25. The van der Waals surface area contributed by atoms with Crippen molar-refractivity contribution >= 4 is 5.91 Å². The maximum absolute atomic E-state index is 12.3. The molecule has 1 saturated heterocycles. The van der Waals surface area contributed by atoms with Gasteiger partial charge in [0.05, 0.1) is 5.56 Å². The number of carbonyl (C=O) groups excluding carboxylic acids is 1. The molecule has 0 saturated carbocycles. The number of carbonyl (C=O) groups is 1. The van der Waals surface area contributed by atoms with Gasteiger partial charge in [-0.1, -0.05) is 0 Å². The molecule has 5 heteroatoms. The molecule has 0 unspecified atom stereocenters. The molecule has 0 spiro atoms. The van der Waals surface area contributed by atoms with E-state index in [0.29, 0.717) is 19.1 Å². The molecule has 1 amide bonds. The van der Waals surface area contributed by atoms with Crippen LogP contribution in [0, 0.1) is 0 Å². The minimum atomic E-state index is -0.217. The average molecular weight is 264 g/mol. The molecule has 104 valence electrons. The van der Waals surface area contributed by atoms with Crippen LogP contribution < -0.4 is 0 Å². The Morgan fingerprint density at radius 3 is 2.47 bits per heavy atom. The fourth-order valence-corrected chi connectivity index (χ4v) is 2.45. The summed E-state index contributed by atoms with van der Waals surface area (Å²) >= 11 is 0. The Hall–Kier alpha value is -1.75. The number of phenols is 2.